The van der Waals surface area contributed by atoms with Crippen molar-refractivity contribution in [1.82, 2.24) is 4.90 Å². The Labute approximate surface area is 118 Å². The van der Waals surface area contributed by atoms with Crippen LogP contribution in [-0.2, 0) is 16.1 Å². The predicted octanol–water partition coefficient (Wildman–Crippen LogP) is 2.69. The SMILES string of the molecule is CC[C@H]1CCC(=O)N1Cc1cccc(/C=C/C(=O)O)c1. The average molecular weight is 273 g/mol. The zero-order valence-corrected chi connectivity index (χ0v) is 11.6. The van der Waals surface area contributed by atoms with E-state index in [4.69, 9.17) is 5.11 Å². The largest absolute Gasteiger partial charge is 0.478 e. The highest BCUT2D eigenvalue weighted by Gasteiger charge is 2.29. The van der Waals surface area contributed by atoms with Crippen molar-refractivity contribution in [2.24, 2.45) is 0 Å². The summed E-state index contributed by atoms with van der Waals surface area (Å²) in [7, 11) is 0. The second-order valence-corrected chi connectivity index (χ2v) is 5.04. The summed E-state index contributed by atoms with van der Waals surface area (Å²) in [6.07, 6.45) is 5.24. The average Bonchev–Trinajstić information content (AvgIpc) is 2.78. The van der Waals surface area contributed by atoms with Gasteiger partial charge in [0.2, 0.25) is 5.91 Å². The molecule has 4 nitrogen and oxygen atoms in total. The Morgan fingerprint density at radius 3 is 3.00 bits per heavy atom. The van der Waals surface area contributed by atoms with Crippen LogP contribution in [0, 0.1) is 0 Å². The minimum Gasteiger partial charge on any atom is -0.478 e. The Balaban J connectivity index is 2.11. The molecule has 1 heterocycles. The van der Waals surface area contributed by atoms with E-state index in [9.17, 15) is 9.59 Å². The lowest BCUT2D eigenvalue weighted by molar-refractivity contribution is -0.131. The molecule has 2 rings (SSSR count). The molecule has 1 fully saturated rings. The van der Waals surface area contributed by atoms with Gasteiger partial charge < -0.3 is 10.0 Å². The maximum absolute atomic E-state index is 11.9. The van der Waals surface area contributed by atoms with Gasteiger partial charge in [-0.3, -0.25) is 4.79 Å². The zero-order chi connectivity index (χ0) is 14.5. The topological polar surface area (TPSA) is 57.6 Å². The summed E-state index contributed by atoms with van der Waals surface area (Å²) >= 11 is 0. The number of likely N-dealkylation sites (tertiary alicyclic amines) is 1. The highest BCUT2D eigenvalue weighted by molar-refractivity contribution is 5.85. The van der Waals surface area contributed by atoms with Gasteiger partial charge in [0.1, 0.15) is 0 Å². The van der Waals surface area contributed by atoms with Gasteiger partial charge in [0.15, 0.2) is 0 Å². The lowest BCUT2D eigenvalue weighted by Gasteiger charge is -2.24. The van der Waals surface area contributed by atoms with Crippen molar-refractivity contribution in [3.63, 3.8) is 0 Å². The van der Waals surface area contributed by atoms with E-state index in [1.54, 1.807) is 6.08 Å². The van der Waals surface area contributed by atoms with E-state index in [1.165, 1.54) is 0 Å². The third-order valence-corrected chi connectivity index (χ3v) is 3.65. The number of carbonyl (C=O) groups excluding carboxylic acids is 1. The number of carboxylic acids is 1. The van der Waals surface area contributed by atoms with Crippen LogP contribution in [0.1, 0.15) is 37.3 Å². The number of aliphatic carboxylic acids is 1. The molecule has 0 aliphatic carbocycles. The normalized spacial score (nSPS) is 18.9. The summed E-state index contributed by atoms with van der Waals surface area (Å²) in [5.74, 6) is -0.750. The molecule has 0 bridgehead atoms. The monoisotopic (exact) mass is 273 g/mol. The summed E-state index contributed by atoms with van der Waals surface area (Å²) in [6, 6.07) is 7.97. The Morgan fingerprint density at radius 1 is 1.50 bits per heavy atom. The first-order valence-electron chi connectivity index (χ1n) is 6.89. The Morgan fingerprint density at radius 2 is 2.30 bits per heavy atom. The number of nitrogens with zero attached hydrogens (tertiary/aromatic N) is 1. The highest BCUT2D eigenvalue weighted by Crippen LogP contribution is 2.23. The fourth-order valence-corrected chi connectivity index (χ4v) is 2.59. The summed E-state index contributed by atoms with van der Waals surface area (Å²) < 4.78 is 0. The van der Waals surface area contributed by atoms with Gasteiger partial charge >= 0.3 is 5.97 Å². The molecule has 0 radical (unpaired) electrons. The molecule has 1 saturated heterocycles. The fraction of sp³-hybridized carbons (Fsp3) is 0.375. The molecular weight excluding hydrogens is 254 g/mol. The van der Waals surface area contributed by atoms with Crippen LogP contribution in [0.2, 0.25) is 0 Å². The van der Waals surface area contributed by atoms with Crippen molar-refractivity contribution in [2.75, 3.05) is 0 Å². The van der Waals surface area contributed by atoms with Gasteiger partial charge in [-0.25, -0.2) is 4.79 Å². The fourth-order valence-electron chi connectivity index (χ4n) is 2.59. The molecule has 1 aromatic rings. The van der Waals surface area contributed by atoms with Crippen LogP contribution in [0.25, 0.3) is 6.08 Å². The molecule has 1 aliphatic rings. The van der Waals surface area contributed by atoms with Crippen molar-refractivity contribution in [1.29, 1.82) is 0 Å². The van der Waals surface area contributed by atoms with Crippen LogP contribution in [0.5, 0.6) is 0 Å². The van der Waals surface area contributed by atoms with Crippen LogP contribution < -0.4 is 0 Å². The van der Waals surface area contributed by atoms with Crippen LogP contribution in [0.4, 0.5) is 0 Å². The maximum Gasteiger partial charge on any atom is 0.328 e. The first-order chi connectivity index (χ1) is 9.60. The standard InChI is InChI=1S/C16H19NO3/c1-2-14-7-8-15(18)17(14)11-13-5-3-4-12(10-13)6-9-16(19)20/h3-6,9-10,14H,2,7-8,11H2,1H3,(H,19,20)/b9-6+/t14-/m0/s1. The number of amides is 1. The summed E-state index contributed by atoms with van der Waals surface area (Å²) in [6.45, 7) is 2.70. The van der Waals surface area contributed by atoms with Gasteiger partial charge in [-0.15, -0.1) is 0 Å². The number of carbonyl (C=O) groups is 2. The number of hydrogen-bond acceptors (Lipinski definition) is 2. The van der Waals surface area contributed by atoms with Crippen molar-refractivity contribution < 1.29 is 14.7 Å². The van der Waals surface area contributed by atoms with Crippen molar-refractivity contribution in [2.45, 2.75) is 38.8 Å². The summed E-state index contributed by atoms with van der Waals surface area (Å²) in [5, 5.41) is 8.64. The first-order valence-corrected chi connectivity index (χ1v) is 6.89. The zero-order valence-electron chi connectivity index (χ0n) is 11.6. The number of carboxylic acid groups (broad SMARTS) is 1. The van der Waals surface area contributed by atoms with Crippen LogP contribution in [0.15, 0.2) is 30.3 Å². The number of benzene rings is 1. The van der Waals surface area contributed by atoms with Gasteiger partial charge in [-0.2, -0.15) is 0 Å². The maximum atomic E-state index is 11.9. The van der Waals surface area contributed by atoms with Crippen molar-refractivity contribution in [3.05, 3.63) is 41.5 Å². The quantitative estimate of drug-likeness (QED) is 0.839. The number of hydrogen-bond donors (Lipinski definition) is 1. The molecule has 1 atom stereocenters. The minimum atomic E-state index is -0.962. The lowest BCUT2D eigenvalue weighted by Crippen LogP contribution is -2.31. The predicted molar refractivity (Wildman–Crippen MR) is 77.0 cm³/mol. The van der Waals surface area contributed by atoms with E-state index in [-0.39, 0.29) is 5.91 Å². The lowest BCUT2D eigenvalue weighted by atomic mass is 10.1. The van der Waals surface area contributed by atoms with Crippen LogP contribution >= 0.6 is 0 Å². The third kappa shape index (κ3) is 3.47. The molecule has 1 aromatic carbocycles. The van der Waals surface area contributed by atoms with Crippen LogP contribution in [-0.4, -0.2) is 27.9 Å². The Hall–Kier alpha value is -2.10. The second kappa shape index (κ2) is 6.37. The number of rotatable bonds is 5. The van der Waals surface area contributed by atoms with Crippen molar-refractivity contribution in [3.8, 4) is 0 Å². The first kappa shape index (κ1) is 14.3. The van der Waals surface area contributed by atoms with Crippen molar-refractivity contribution >= 4 is 18.0 Å². The van der Waals surface area contributed by atoms with Gasteiger partial charge in [0.05, 0.1) is 0 Å². The summed E-state index contributed by atoms with van der Waals surface area (Å²) in [5.41, 5.74) is 1.87. The van der Waals surface area contributed by atoms with E-state index in [2.05, 4.69) is 6.92 Å². The second-order valence-electron chi connectivity index (χ2n) is 5.04. The van der Waals surface area contributed by atoms with E-state index in [1.807, 2.05) is 29.2 Å². The van der Waals surface area contributed by atoms with E-state index >= 15 is 0 Å². The smallest absolute Gasteiger partial charge is 0.328 e. The van der Waals surface area contributed by atoms with Gasteiger partial charge in [-0.1, -0.05) is 25.1 Å². The van der Waals surface area contributed by atoms with E-state index in [0.29, 0.717) is 19.0 Å². The molecule has 1 aliphatic heterocycles. The molecular formula is C16H19NO3. The van der Waals surface area contributed by atoms with Crippen LogP contribution in [0.3, 0.4) is 0 Å². The molecule has 0 saturated carbocycles. The molecule has 0 unspecified atom stereocenters. The highest BCUT2D eigenvalue weighted by atomic mass is 16.4. The molecule has 0 aromatic heterocycles. The van der Waals surface area contributed by atoms with Gasteiger partial charge in [0.25, 0.3) is 0 Å². The molecule has 20 heavy (non-hydrogen) atoms. The van der Waals surface area contributed by atoms with E-state index < -0.39 is 5.97 Å². The summed E-state index contributed by atoms with van der Waals surface area (Å²) in [4.78, 5) is 24.3. The van der Waals surface area contributed by atoms with Gasteiger partial charge in [0, 0.05) is 25.1 Å². The molecule has 0 spiro atoms. The molecule has 1 N–H and O–H groups in total. The van der Waals surface area contributed by atoms with Gasteiger partial charge in [-0.05, 0) is 36.1 Å². The molecule has 1 amide bonds. The minimum absolute atomic E-state index is 0.211. The molecule has 4 heteroatoms. The Kier molecular flexibility index (Phi) is 4.56. The van der Waals surface area contributed by atoms with E-state index in [0.717, 1.165) is 30.0 Å². The third-order valence-electron chi connectivity index (χ3n) is 3.65. The Bertz CT molecular complexity index is 536. The molecule has 106 valence electrons.